The van der Waals surface area contributed by atoms with Gasteiger partial charge < -0.3 is 10.2 Å². The second-order valence-electron chi connectivity index (χ2n) is 5.11. The summed E-state index contributed by atoms with van der Waals surface area (Å²) in [5, 5.41) is 22.0. The Hall–Kier alpha value is -0.610. The number of carbonyl (C=O) groups is 1. The molecular formula is C12H23NO3. The Morgan fingerprint density at radius 2 is 1.94 bits per heavy atom. The summed E-state index contributed by atoms with van der Waals surface area (Å²) in [5.41, 5.74) is -1.32. The summed E-state index contributed by atoms with van der Waals surface area (Å²) in [7, 11) is 0. The summed E-state index contributed by atoms with van der Waals surface area (Å²) in [4.78, 5) is 11.2. The maximum Gasteiger partial charge on any atom is 0.323 e. The van der Waals surface area contributed by atoms with Gasteiger partial charge in [0.25, 0.3) is 0 Å². The van der Waals surface area contributed by atoms with Gasteiger partial charge in [-0.1, -0.05) is 26.2 Å². The van der Waals surface area contributed by atoms with Crippen molar-refractivity contribution in [2.24, 2.45) is 0 Å². The van der Waals surface area contributed by atoms with E-state index in [4.69, 9.17) is 0 Å². The first-order valence-corrected chi connectivity index (χ1v) is 6.12. The second-order valence-corrected chi connectivity index (χ2v) is 5.11. The Morgan fingerprint density at radius 3 is 2.31 bits per heavy atom. The fraction of sp³-hybridized carbons (Fsp3) is 0.917. The van der Waals surface area contributed by atoms with E-state index in [1.54, 1.807) is 6.92 Å². The molecule has 1 fully saturated rings. The van der Waals surface area contributed by atoms with Gasteiger partial charge in [-0.2, -0.15) is 0 Å². The minimum absolute atomic E-state index is 0.0237. The highest BCUT2D eigenvalue weighted by Crippen LogP contribution is 2.30. The zero-order valence-electron chi connectivity index (χ0n) is 10.3. The lowest BCUT2D eigenvalue weighted by Gasteiger charge is -2.42. The average molecular weight is 229 g/mol. The Bertz CT molecular complexity index is 249. The van der Waals surface area contributed by atoms with E-state index in [1.165, 1.54) is 6.42 Å². The number of aliphatic carboxylic acids is 1. The SMILES string of the molecule is CCC(C)(NC1(CO)CCCCC1)C(=O)O. The van der Waals surface area contributed by atoms with Crippen LogP contribution in [0.3, 0.4) is 0 Å². The fourth-order valence-electron chi connectivity index (χ4n) is 2.43. The van der Waals surface area contributed by atoms with Gasteiger partial charge in [0.1, 0.15) is 5.54 Å². The van der Waals surface area contributed by atoms with Crippen LogP contribution in [0, 0.1) is 0 Å². The fourth-order valence-corrected chi connectivity index (χ4v) is 2.43. The predicted molar refractivity (Wildman–Crippen MR) is 62.4 cm³/mol. The molecule has 4 heteroatoms. The Balaban J connectivity index is 2.77. The van der Waals surface area contributed by atoms with Crippen molar-refractivity contribution >= 4 is 5.97 Å². The van der Waals surface area contributed by atoms with Crippen LogP contribution in [0.5, 0.6) is 0 Å². The number of hydrogen-bond acceptors (Lipinski definition) is 3. The van der Waals surface area contributed by atoms with Crippen LogP contribution in [-0.4, -0.2) is 33.9 Å². The first-order chi connectivity index (χ1) is 7.48. The molecule has 0 aromatic heterocycles. The molecule has 0 saturated heterocycles. The van der Waals surface area contributed by atoms with Crippen LogP contribution in [0.15, 0.2) is 0 Å². The predicted octanol–water partition coefficient (Wildman–Crippen LogP) is 1.52. The zero-order valence-corrected chi connectivity index (χ0v) is 10.3. The molecule has 0 amide bonds. The van der Waals surface area contributed by atoms with Crippen molar-refractivity contribution < 1.29 is 15.0 Å². The molecule has 94 valence electrons. The molecule has 16 heavy (non-hydrogen) atoms. The third-order valence-electron chi connectivity index (χ3n) is 3.83. The number of hydrogen-bond donors (Lipinski definition) is 3. The molecule has 0 aliphatic heterocycles. The van der Waals surface area contributed by atoms with Gasteiger partial charge in [0.05, 0.1) is 6.61 Å². The first-order valence-electron chi connectivity index (χ1n) is 6.12. The van der Waals surface area contributed by atoms with Gasteiger partial charge in [-0.15, -0.1) is 0 Å². The van der Waals surface area contributed by atoms with E-state index >= 15 is 0 Å². The van der Waals surface area contributed by atoms with E-state index in [1.807, 2.05) is 6.92 Å². The minimum atomic E-state index is -0.930. The molecule has 3 N–H and O–H groups in total. The molecule has 1 unspecified atom stereocenters. The van der Waals surface area contributed by atoms with Crippen molar-refractivity contribution in [2.75, 3.05) is 6.61 Å². The summed E-state index contributed by atoms with van der Waals surface area (Å²) in [6.07, 6.45) is 5.56. The van der Waals surface area contributed by atoms with E-state index in [-0.39, 0.29) is 12.1 Å². The van der Waals surface area contributed by atoms with E-state index in [2.05, 4.69) is 5.32 Å². The minimum Gasteiger partial charge on any atom is -0.480 e. The number of rotatable bonds is 5. The number of carboxylic acids is 1. The van der Waals surface area contributed by atoms with Crippen molar-refractivity contribution in [3.8, 4) is 0 Å². The molecule has 0 bridgehead atoms. The molecular weight excluding hydrogens is 206 g/mol. The van der Waals surface area contributed by atoms with Gasteiger partial charge in [-0.3, -0.25) is 10.1 Å². The first kappa shape index (κ1) is 13.5. The smallest absolute Gasteiger partial charge is 0.323 e. The molecule has 0 radical (unpaired) electrons. The molecule has 0 spiro atoms. The van der Waals surface area contributed by atoms with E-state index in [0.717, 1.165) is 25.7 Å². The summed E-state index contributed by atoms with van der Waals surface area (Å²) in [6, 6.07) is 0. The van der Waals surface area contributed by atoms with Crippen LogP contribution in [-0.2, 0) is 4.79 Å². The van der Waals surface area contributed by atoms with Gasteiger partial charge >= 0.3 is 5.97 Å². The number of aliphatic hydroxyl groups is 1. The summed E-state index contributed by atoms with van der Waals surface area (Å²) < 4.78 is 0. The lowest BCUT2D eigenvalue weighted by atomic mass is 9.79. The van der Waals surface area contributed by atoms with Gasteiger partial charge in [0.2, 0.25) is 0 Å². The Labute approximate surface area is 97.0 Å². The van der Waals surface area contributed by atoms with E-state index in [0.29, 0.717) is 6.42 Å². The van der Waals surface area contributed by atoms with Gasteiger partial charge in [-0.25, -0.2) is 0 Å². The highest BCUT2D eigenvalue weighted by Gasteiger charge is 2.41. The van der Waals surface area contributed by atoms with Crippen LogP contribution in [0.1, 0.15) is 52.4 Å². The monoisotopic (exact) mass is 229 g/mol. The summed E-state index contributed by atoms with van der Waals surface area (Å²) in [5.74, 6) is -0.839. The largest absolute Gasteiger partial charge is 0.480 e. The number of nitrogens with one attached hydrogen (secondary N) is 1. The molecule has 4 nitrogen and oxygen atoms in total. The van der Waals surface area contributed by atoms with Crippen molar-refractivity contribution in [1.29, 1.82) is 0 Å². The average Bonchev–Trinajstić information content (AvgIpc) is 2.30. The van der Waals surface area contributed by atoms with Crippen molar-refractivity contribution in [3.63, 3.8) is 0 Å². The highest BCUT2D eigenvalue weighted by molar-refractivity contribution is 5.78. The molecule has 0 heterocycles. The van der Waals surface area contributed by atoms with Crippen molar-refractivity contribution in [3.05, 3.63) is 0 Å². The van der Waals surface area contributed by atoms with Gasteiger partial charge in [0, 0.05) is 5.54 Å². The maximum absolute atomic E-state index is 11.2. The molecule has 0 aromatic carbocycles. The van der Waals surface area contributed by atoms with Crippen molar-refractivity contribution in [2.45, 2.75) is 63.5 Å². The molecule has 1 saturated carbocycles. The zero-order chi connectivity index (χ0) is 12.2. The van der Waals surface area contributed by atoms with Crippen LogP contribution < -0.4 is 5.32 Å². The Kier molecular flexibility index (Phi) is 4.33. The summed E-state index contributed by atoms with van der Waals surface area (Å²) >= 11 is 0. The van der Waals surface area contributed by atoms with Crippen molar-refractivity contribution in [1.82, 2.24) is 5.32 Å². The molecule has 1 rings (SSSR count). The molecule has 1 atom stereocenters. The highest BCUT2D eigenvalue weighted by atomic mass is 16.4. The third-order valence-corrected chi connectivity index (χ3v) is 3.83. The van der Waals surface area contributed by atoms with E-state index < -0.39 is 11.5 Å². The lowest BCUT2D eigenvalue weighted by molar-refractivity contribution is -0.146. The summed E-state index contributed by atoms with van der Waals surface area (Å²) in [6.45, 7) is 3.58. The maximum atomic E-state index is 11.2. The second kappa shape index (κ2) is 5.15. The van der Waals surface area contributed by atoms with Crippen LogP contribution in [0.4, 0.5) is 0 Å². The molecule has 0 aromatic rings. The molecule has 1 aliphatic rings. The van der Waals surface area contributed by atoms with E-state index in [9.17, 15) is 15.0 Å². The topological polar surface area (TPSA) is 69.6 Å². The number of aliphatic hydroxyl groups excluding tert-OH is 1. The van der Waals surface area contributed by atoms with Crippen LogP contribution >= 0.6 is 0 Å². The number of carboxylic acid groups (broad SMARTS) is 1. The van der Waals surface area contributed by atoms with Crippen LogP contribution in [0.25, 0.3) is 0 Å². The molecule has 1 aliphatic carbocycles. The standard InChI is InChI=1S/C12H23NO3/c1-3-11(2,10(15)16)13-12(9-14)7-5-4-6-8-12/h13-14H,3-9H2,1-2H3,(H,15,16). The van der Waals surface area contributed by atoms with Crippen LogP contribution in [0.2, 0.25) is 0 Å². The lowest BCUT2D eigenvalue weighted by Crippen LogP contribution is -2.62. The quantitative estimate of drug-likeness (QED) is 0.668. The normalized spacial score (nSPS) is 23.7. The van der Waals surface area contributed by atoms with Gasteiger partial charge in [0.15, 0.2) is 0 Å². The Morgan fingerprint density at radius 1 is 1.38 bits per heavy atom. The van der Waals surface area contributed by atoms with Gasteiger partial charge in [-0.05, 0) is 26.2 Å². The third kappa shape index (κ3) is 2.74.